The smallest absolute Gasteiger partial charge is 0.121 e. The first kappa shape index (κ1) is 13.5. The Hall–Kier alpha value is -0.470. The molecule has 1 heterocycles. The van der Waals surface area contributed by atoms with E-state index in [2.05, 4.69) is 19.9 Å². The first-order chi connectivity index (χ1) is 6.15. The summed E-state index contributed by atoms with van der Waals surface area (Å²) >= 11 is 0. The molecule has 2 nitrogen and oxygen atoms in total. The number of furan rings is 1. The molecular formula is C11H20ClNO. The number of hydrogen-bond donors (Lipinski definition) is 1. The van der Waals surface area contributed by atoms with Crippen molar-refractivity contribution in [3.05, 3.63) is 23.2 Å². The lowest BCUT2D eigenvalue weighted by Gasteiger charge is -2.06. The highest BCUT2D eigenvalue weighted by atomic mass is 35.5. The topological polar surface area (TPSA) is 39.2 Å². The molecule has 0 aliphatic carbocycles. The first-order valence-electron chi connectivity index (χ1n) is 4.97. The SMILES string of the molecule is CCCC[C@@H](N)c1cc(C)c(C)o1.Cl. The minimum absolute atomic E-state index is 0. The number of rotatable bonds is 4. The second-order valence-corrected chi connectivity index (χ2v) is 3.64. The molecule has 2 N–H and O–H groups in total. The van der Waals surface area contributed by atoms with Crippen LogP contribution in [0.5, 0.6) is 0 Å². The Kier molecular flexibility index (Phi) is 5.89. The quantitative estimate of drug-likeness (QED) is 0.839. The molecule has 0 bridgehead atoms. The highest BCUT2D eigenvalue weighted by molar-refractivity contribution is 5.85. The normalized spacial score (nSPS) is 12.3. The van der Waals surface area contributed by atoms with E-state index >= 15 is 0 Å². The average molecular weight is 218 g/mol. The number of unbranched alkanes of at least 4 members (excludes halogenated alkanes) is 1. The zero-order valence-corrected chi connectivity index (χ0v) is 9.99. The van der Waals surface area contributed by atoms with E-state index in [0.717, 1.165) is 17.9 Å². The van der Waals surface area contributed by atoms with E-state index in [1.54, 1.807) is 0 Å². The summed E-state index contributed by atoms with van der Waals surface area (Å²) in [5.41, 5.74) is 7.17. The average Bonchev–Trinajstić information content (AvgIpc) is 2.43. The van der Waals surface area contributed by atoms with Crippen molar-refractivity contribution in [3.63, 3.8) is 0 Å². The molecule has 0 spiro atoms. The summed E-state index contributed by atoms with van der Waals surface area (Å²) in [5.74, 6) is 1.92. The summed E-state index contributed by atoms with van der Waals surface area (Å²) in [6, 6.07) is 2.13. The third-order valence-electron chi connectivity index (χ3n) is 2.42. The fourth-order valence-electron chi connectivity index (χ4n) is 1.35. The van der Waals surface area contributed by atoms with Crippen LogP contribution in [0, 0.1) is 13.8 Å². The molecule has 0 aliphatic rings. The molecule has 82 valence electrons. The molecule has 14 heavy (non-hydrogen) atoms. The van der Waals surface area contributed by atoms with Crippen molar-refractivity contribution in [2.45, 2.75) is 46.1 Å². The molecule has 0 radical (unpaired) electrons. The van der Waals surface area contributed by atoms with Gasteiger partial charge in [0.05, 0.1) is 6.04 Å². The molecule has 0 aliphatic heterocycles. The van der Waals surface area contributed by atoms with Gasteiger partial charge in [0.1, 0.15) is 11.5 Å². The van der Waals surface area contributed by atoms with E-state index in [0.29, 0.717) is 0 Å². The zero-order valence-electron chi connectivity index (χ0n) is 9.17. The Morgan fingerprint density at radius 3 is 2.50 bits per heavy atom. The maximum Gasteiger partial charge on any atom is 0.121 e. The van der Waals surface area contributed by atoms with Crippen LogP contribution in [-0.4, -0.2) is 0 Å². The van der Waals surface area contributed by atoms with Crippen molar-refractivity contribution in [3.8, 4) is 0 Å². The van der Waals surface area contributed by atoms with E-state index in [1.807, 2.05) is 6.92 Å². The van der Waals surface area contributed by atoms with Crippen LogP contribution in [0.25, 0.3) is 0 Å². The standard InChI is InChI=1S/C11H19NO.ClH/c1-4-5-6-10(12)11-7-8(2)9(3)13-11;/h7,10H,4-6,12H2,1-3H3;1H/t10-;/m1./s1. The van der Waals surface area contributed by atoms with E-state index in [-0.39, 0.29) is 18.4 Å². The monoisotopic (exact) mass is 217 g/mol. The van der Waals surface area contributed by atoms with Gasteiger partial charge in [-0.1, -0.05) is 19.8 Å². The molecule has 1 rings (SSSR count). The maximum atomic E-state index is 5.97. The Bertz CT molecular complexity index is 251. The first-order valence-corrected chi connectivity index (χ1v) is 4.97. The second kappa shape index (κ2) is 6.10. The van der Waals surface area contributed by atoms with Crippen molar-refractivity contribution in [1.82, 2.24) is 0 Å². The van der Waals surface area contributed by atoms with Gasteiger partial charge in [-0.25, -0.2) is 0 Å². The highest BCUT2D eigenvalue weighted by Gasteiger charge is 2.11. The van der Waals surface area contributed by atoms with E-state index in [4.69, 9.17) is 10.2 Å². The fourth-order valence-corrected chi connectivity index (χ4v) is 1.35. The Labute approximate surface area is 92.3 Å². The van der Waals surface area contributed by atoms with E-state index < -0.39 is 0 Å². The molecular weight excluding hydrogens is 198 g/mol. The van der Waals surface area contributed by atoms with E-state index in [1.165, 1.54) is 18.4 Å². The van der Waals surface area contributed by atoms with Gasteiger partial charge < -0.3 is 10.2 Å². The third kappa shape index (κ3) is 3.35. The number of hydrogen-bond acceptors (Lipinski definition) is 2. The predicted octanol–water partition coefficient (Wildman–Crippen LogP) is 3.51. The van der Waals surface area contributed by atoms with Crippen LogP contribution in [0.15, 0.2) is 10.5 Å². The van der Waals surface area contributed by atoms with Gasteiger partial charge >= 0.3 is 0 Å². The van der Waals surface area contributed by atoms with E-state index in [9.17, 15) is 0 Å². The van der Waals surface area contributed by atoms with Gasteiger partial charge in [-0.05, 0) is 31.9 Å². The third-order valence-corrected chi connectivity index (χ3v) is 2.42. The van der Waals surface area contributed by atoms with Gasteiger partial charge in [-0.15, -0.1) is 12.4 Å². The highest BCUT2D eigenvalue weighted by Crippen LogP contribution is 2.21. The zero-order chi connectivity index (χ0) is 9.84. The van der Waals surface area contributed by atoms with Crippen molar-refractivity contribution >= 4 is 12.4 Å². The lowest BCUT2D eigenvalue weighted by Crippen LogP contribution is -2.08. The molecule has 3 heteroatoms. The number of halogens is 1. The lowest BCUT2D eigenvalue weighted by molar-refractivity contribution is 0.427. The minimum Gasteiger partial charge on any atom is -0.464 e. The molecule has 1 atom stereocenters. The van der Waals surface area contributed by atoms with Gasteiger partial charge in [0.15, 0.2) is 0 Å². The second-order valence-electron chi connectivity index (χ2n) is 3.64. The van der Waals surface area contributed by atoms with Crippen LogP contribution in [0.1, 0.15) is 49.3 Å². The lowest BCUT2D eigenvalue weighted by atomic mass is 10.1. The van der Waals surface area contributed by atoms with Crippen molar-refractivity contribution in [2.75, 3.05) is 0 Å². The van der Waals surface area contributed by atoms with Crippen LogP contribution in [0.3, 0.4) is 0 Å². The van der Waals surface area contributed by atoms with Crippen LogP contribution in [0.2, 0.25) is 0 Å². The predicted molar refractivity (Wildman–Crippen MR) is 61.9 cm³/mol. The minimum atomic E-state index is 0. The largest absolute Gasteiger partial charge is 0.464 e. The Balaban J connectivity index is 0.00000169. The summed E-state index contributed by atoms with van der Waals surface area (Å²) in [6.07, 6.45) is 3.37. The number of aryl methyl sites for hydroxylation is 2. The number of nitrogens with two attached hydrogens (primary N) is 1. The summed E-state index contributed by atoms with van der Waals surface area (Å²) in [5, 5.41) is 0. The molecule has 0 saturated carbocycles. The van der Waals surface area contributed by atoms with Crippen LogP contribution >= 0.6 is 12.4 Å². The molecule has 0 fully saturated rings. The van der Waals surface area contributed by atoms with Crippen molar-refractivity contribution < 1.29 is 4.42 Å². The van der Waals surface area contributed by atoms with Gasteiger partial charge in [-0.2, -0.15) is 0 Å². The summed E-state index contributed by atoms with van der Waals surface area (Å²) in [6.45, 7) is 6.20. The van der Waals surface area contributed by atoms with Crippen LogP contribution < -0.4 is 5.73 Å². The molecule has 1 aromatic heterocycles. The van der Waals surface area contributed by atoms with Crippen LogP contribution in [0.4, 0.5) is 0 Å². The van der Waals surface area contributed by atoms with Crippen molar-refractivity contribution in [2.24, 2.45) is 5.73 Å². The van der Waals surface area contributed by atoms with Crippen LogP contribution in [-0.2, 0) is 0 Å². The fraction of sp³-hybridized carbons (Fsp3) is 0.636. The Morgan fingerprint density at radius 1 is 1.43 bits per heavy atom. The summed E-state index contributed by atoms with van der Waals surface area (Å²) in [7, 11) is 0. The molecule has 0 saturated heterocycles. The molecule has 1 aromatic rings. The summed E-state index contributed by atoms with van der Waals surface area (Å²) < 4.78 is 5.55. The van der Waals surface area contributed by atoms with Gasteiger partial charge in [0.25, 0.3) is 0 Å². The molecule has 0 aromatic carbocycles. The van der Waals surface area contributed by atoms with Crippen molar-refractivity contribution in [1.29, 1.82) is 0 Å². The maximum absolute atomic E-state index is 5.97. The van der Waals surface area contributed by atoms with Gasteiger partial charge in [-0.3, -0.25) is 0 Å². The van der Waals surface area contributed by atoms with Gasteiger partial charge in [0.2, 0.25) is 0 Å². The summed E-state index contributed by atoms with van der Waals surface area (Å²) in [4.78, 5) is 0. The molecule has 0 amide bonds. The Morgan fingerprint density at radius 2 is 2.07 bits per heavy atom. The van der Waals surface area contributed by atoms with Gasteiger partial charge in [0, 0.05) is 0 Å². The molecule has 0 unspecified atom stereocenters.